The molecule has 0 aliphatic carbocycles. The van der Waals surface area contributed by atoms with Crippen LogP contribution in [0.3, 0.4) is 0 Å². The molecule has 2 amide bonds. The molecular formula is C20H23N3O2. The third-order valence-electron chi connectivity index (χ3n) is 4.74. The zero-order valence-corrected chi connectivity index (χ0v) is 14.4. The highest BCUT2D eigenvalue weighted by atomic mass is 16.2. The molecule has 1 saturated heterocycles. The van der Waals surface area contributed by atoms with Gasteiger partial charge in [-0.15, -0.1) is 0 Å². The highest BCUT2D eigenvalue weighted by Gasteiger charge is 2.28. The van der Waals surface area contributed by atoms with E-state index in [1.165, 1.54) is 0 Å². The highest BCUT2D eigenvalue weighted by Crippen LogP contribution is 2.20. The number of aryl methyl sites for hydroxylation is 1. The van der Waals surface area contributed by atoms with Gasteiger partial charge >= 0.3 is 0 Å². The summed E-state index contributed by atoms with van der Waals surface area (Å²) < 4.78 is 0. The fraction of sp³-hybridized carbons (Fsp3) is 0.350. The molecule has 2 heterocycles. The summed E-state index contributed by atoms with van der Waals surface area (Å²) in [6, 6.07) is 11.4. The predicted octanol–water partition coefficient (Wildman–Crippen LogP) is 2.56. The number of piperidine rings is 1. The second kappa shape index (κ2) is 7.92. The number of aromatic nitrogens is 1. The van der Waals surface area contributed by atoms with Crippen LogP contribution in [0.5, 0.6) is 0 Å². The van der Waals surface area contributed by atoms with Gasteiger partial charge in [-0.2, -0.15) is 0 Å². The molecular weight excluding hydrogens is 314 g/mol. The van der Waals surface area contributed by atoms with E-state index in [4.69, 9.17) is 0 Å². The van der Waals surface area contributed by atoms with E-state index in [1.807, 2.05) is 48.2 Å². The average Bonchev–Trinajstić information content (AvgIpc) is 2.67. The Balaban J connectivity index is 1.50. The molecule has 0 radical (unpaired) electrons. The van der Waals surface area contributed by atoms with Gasteiger partial charge in [-0.05, 0) is 49.1 Å². The van der Waals surface area contributed by atoms with Crippen molar-refractivity contribution in [3.8, 4) is 0 Å². The molecule has 1 fully saturated rings. The van der Waals surface area contributed by atoms with Gasteiger partial charge < -0.3 is 10.2 Å². The Hall–Kier alpha value is -2.69. The first kappa shape index (κ1) is 17.1. The number of hydrogen-bond acceptors (Lipinski definition) is 3. The lowest BCUT2D eigenvalue weighted by molar-refractivity contribution is -0.126. The van der Waals surface area contributed by atoms with Gasteiger partial charge in [0.15, 0.2) is 0 Å². The fourth-order valence-electron chi connectivity index (χ4n) is 3.16. The van der Waals surface area contributed by atoms with Crippen LogP contribution in [0.2, 0.25) is 0 Å². The van der Waals surface area contributed by atoms with Crippen LogP contribution in [0.4, 0.5) is 0 Å². The third kappa shape index (κ3) is 4.24. The summed E-state index contributed by atoms with van der Waals surface area (Å²) >= 11 is 0. The van der Waals surface area contributed by atoms with E-state index in [0.29, 0.717) is 32.5 Å². The first-order valence-corrected chi connectivity index (χ1v) is 8.66. The molecule has 0 unspecified atom stereocenters. The number of rotatable bonds is 4. The minimum absolute atomic E-state index is 0.0252. The number of nitrogens with zero attached hydrogens (tertiary/aromatic N) is 2. The van der Waals surface area contributed by atoms with Crippen LogP contribution in [0.25, 0.3) is 0 Å². The smallest absolute Gasteiger partial charge is 0.254 e. The normalized spacial score (nSPS) is 15.0. The van der Waals surface area contributed by atoms with Gasteiger partial charge in [0.1, 0.15) is 0 Å². The molecule has 1 aliphatic rings. The number of pyridine rings is 1. The molecule has 5 nitrogen and oxygen atoms in total. The summed E-state index contributed by atoms with van der Waals surface area (Å²) in [6.07, 6.45) is 4.86. The zero-order chi connectivity index (χ0) is 17.6. The molecule has 0 bridgehead atoms. The summed E-state index contributed by atoms with van der Waals surface area (Å²) in [6.45, 7) is 3.72. The molecule has 5 heteroatoms. The number of carbonyl (C=O) groups is 2. The van der Waals surface area contributed by atoms with Crippen molar-refractivity contribution in [2.45, 2.75) is 26.3 Å². The quantitative estimate of drug-likeness (QED) is 0.933. The van der Waals surface area contributed by atoms with Gasteiger partial charge in [-0.3, -0.25) is 14.6 Å². The van der Waals surface area contributed by atoms with Crippen LogP contribution in [0.1, 0.15) is 34.3 Å². The van der Waals surface area contributed by atoms with Gasteiger partial charge in [-0.25, -0.2) is 0 Å². The number of amides is 2. The van der Waals surface area contributed by atoms with Gasteiger partial charge in [-0.1, -0.05) is 18.2 Å². The lowest BCUT2D eigenvalue weighted by Crippen LogP contribution is -2.43. The van der Waals surface area contributed by atoms with Gasteiger partial charge in [0.2, 0.25) is 5.91 Å². The second-order valence-electron chi connectivity index (χ2n) is 6.45. The summed E-state index contributed by atoms with van der Waals surface area (Å²) in [4.78, 5) is 30.8. The van der Waals surface area contributed by atoms with E-state index in [9.17, 15) is 9.59 Å². The number of benzene rings is 1. The SMILES string of the molecule is Cc1ccccc1C(=O)N1CCC(C(=O)NCc2ccncc2)CC1. The molecule has 0 saturated carbocycles. The van der Waals surface area contributed by atoms with Crippen molar-refractivity contribution < 1.29 is 9.59 Å². The number of nitrogens with one attached hydrogen (secondary N) is 1. The summed E-state index contributed by atoms with van der Waals surface area (Å²) in [5.74, 6) is 0.108. The van der Waals surface area contributed by atoms with E-state index in [-0.39, 0.29) is 17.7 Å². The Kier molecular flexibility index (Phi) is 5.43. The minimum atomic E-state index is -0.0252. The molecule has 1 aromatic carbocycles. The predicted molar refractivity (Wildman–Crippen MR) is 95.9 cm³/mol. The van der Waals surface area contributed by atoms with Crippen molar-refractivity contribution in [2.24, 2.45) is 5.92 Å². The third-order valence-corrected chi connectivity index (χ3v) is 4.74. The molecule has 1 N–H and O–H groups in total. The molecule has 130 valence electrons. The molecule has 2 aromatic rings. The van der Waals surface area contributed by atoms with Crippen molar-refractivity contribution in [1.29, 1.82) is 0 Å². The number of hydrogen-bond donors (Lipinski definition) is 1. The Morgan fingerprint density at radius 3 is 2.48 bits per heavy atom. The number of carbonyl (C=O) groups excluding carboxylic acids is 2. The molecule has 0 spiro atoms. The van der Waals surface area contributed by atoms with Crippen LogP contribution in [-0.4, -0.2) is 34.8 Å². The fourth-order valence-corrected chi connectivity index (χ4v) is 3.16. The van der Waals surface area contributed by atoms with Crippen LogP contribution in [-0.2, 0) is 11.3 Å². The minimum Gasteiger partial charge on any atom is -0.352 e. The highest BCUT2D eigenvalue weighted by molar-refractivity contribution is 5.95. The van der Waals surface area contributed by atoms with Gasteiger partial charge in [0, 0.05) is 43.5 Å². The summed E-state index contributed by atoms with van der Waals surface area (Å²) in [5, 5.41) is 2.98. The van der Waals surface area contributed by atoms with Crippen molar-refractivity contribution in [3.05, 3.63) is 65.5 Å². The van der Waals surface area contributed by atoms with Crippen molar-refractivity contribution in [3.63, 3.8) is 0 Å². The molecule has 3 rings (SSSR count). The van der Waals surface area contributed by atoms with E-state index < -0.39 is 0 Å². The first-order chi connectivity index (χ1) is 12.1. The molecule has 1 aromatic heterocycles. The lowest BCUT2D eigenvalue weighted by atomic mass is 9.95. The molecule has 0 atom stereocenters. The zero-order valence-electron chi connectivity index (χ0n) is 14.4. The Morgan fingerprint density at radius 1 is 1.12 bits per heavy atom. The van der Waals surface area contributed by atoms with E-state index in [1.54, 1.807) is 12.4 Å². The summed E-state index contributed by atoms with van der Waals surface area (Å²) in [5.41, 5.74) is 2.78. The van der Waals surface area contributed by atoms with Crippen molar-refractivity contribution in [2.75, 3.05) is 13.1 Å². The first-order valence-electron chi connectivity index (χ1n) is 8.66. The van der Waals surface area contributed by atoms with Crippen LogP contribution < -0.4 is 5.32 Å². The van der Waals surface area contributed by atoms with Gasteiger partial charge in [0.05, 0.1) is 0 Å². The standard InChI is InChI=1S/C20H23N3O2/c1-15-4-2-3-5-18(15)20(25)23-12-8-17(9-13-23)19(24)22-14-16-6-10-21-11-7-16/h2-7,10-11,17H,8-9,12-14H2,1H3,(H,22,24). The van der Waals surface area contributed by atoms with Crippen LogP contribution in [0, 0.1) is 12.8 Å². The Labute approximate surface area is 148 Å². The van der Waals surface area contributed by atoms with Crippen LogP contribution >= 0.6 is 0 Å². The Morgan fingerprint density at radius 2 is 1.80 bits per heavy atom. The average molecular weight is 337 g/mol. The maximum absolute atomic E-state index is 12.6. The van der Waals surface area contributed by atoms with E-state index in [2.05, 4.69) is 10.3 Å². The lowest BCUT2D eigenvalue weighted by Gasteiger charge is -2.31. The maximum atomic E-state index is 12.6. The largest absolute Gasteiger partial charge is 0.352 e. The van der Waals surface area contributed by atoms with Gasteiger partial charge in [0.25, 0.3) is 5.91 Å². The molecule has 25 heavy (non-hydrogen) atoms. The van der Waals surface area contributed by atoms with E-state index in [0.717, 1.165) is 16.7 Å². The topological polar surface area (TPSA) is 62.3 Å². The molecule has 1 aliphatic heterocycles. The Bertz CT molecular complexity index is 738. The second-order valence-corrected chi connectivity index (χ2v) is 6.45. The summed E-state index contributed by atoms with van der Waals surface area (Å²) in [7, 11) is 0. The van der Waals surface area contributed by atoms with Crippen LogP contribution in [0.15, 0.2) is 48.8 Å². The van der Waals surface area contributed by atoms with Crippen molar-refractivity contribution >= 4 is 11.8 Å². The monoisotopic (exact) mass is 337 g/mol. The maximum Gasteiger partial charge on any atom is 0.254 e. The van der Waals surface area contributed by atoms with E-state index >= 15 is 0 Å². The van der Waals surface area contributed by atoms with Crippen molar-refractivity contribution in [1.82, 2.24) is 15.2 Å². The number of likely N-dealkylation sites (tertiary alicyclic amines) is 1.